The molecule has 2 unspecified atom stereocenters. The number of aromatic amines is 1. The van der Waals surface area contributed by atoms with Gasteiger partial charge >= 0.3 is 0 Å². The highest BCUT2D eigenvalue weighted by Gasteiger charge is 2.49. The van der Waals surface area contributed by atoms with Crippen LogP contribution in [-0.4, -0.2) is 159 Å². The zero-order valence-electron chi connectivity index (χ0n) is 37.7. The molecule has 0 bridgehead atoms. The molecule has 9 atom stereocenters. The number of β-amino-alcohol motifs (C(OH)–C–C–N with tert-alkyl or cyclic N) is 1. The van der Waals surface area contributed by atoms with Crippen LogP contribution in [0.15, 0.2) is 60.8 Å². The van der Waals surface area contributed by atoms with Crippen LogP contribution in [0.25, 0.3) is 17.0 Å². The fourth-order valence-electron chi connectivity index (χ4n) is 7.98. The number of aliphatic hydroxyl groups is 5. The summed E-state index contributed by atoms with van der Waals surface area (Å²) >= 11 is 0. The van der Waals surface area contributed by atoms with Gasteiger partial charge in [0.2, 0.25) is 35.4 Å². The van der Waals surface area contributed by atoms with Crippen molar-refractivity contribution in [2.24, 2.45) is 5.92 Å². The van der Waals surface area contributed by atoms with Crippen LogP contribution < -0.4 is 36.6 Å². The number of allylic oxidation sites excluding steroid dienone is 1. The number of likely N-dealkylation sites (N-methyl/N-ethyl adjacent to an activating group) is 1. The Morgan fingerprint density at radius 3 is 2.33 bits per heavy atom. The Morgan fingerprint density at radius 1 is 0.866 bits per heavy atom. The van der Waals surface area contributed by atoms with Gasteiger partial charge in [0.1, 0.15) is 17.9 Å². The van der Waals surface area contributed by atoms with Gasteiger partial charge in [-0.15, -0.1) is 0 Å². The summed E-state index contributed by atoms with van der Waals surface area (Å²) in [4.78, 5) is 96.8. The number of benzene rings is 2. The summed E-state index contributed by atoms with van der Waals surface area (Å²) in [5.41, 5.74) is -0.0373. The van der Waals surface area contributed by atoms with Gasteiger partial charge in [0.25, 0.3) is 5.91 Å². The van der Waals surface area contributed by atoms with Crippen molar-refractivity contribution < 1.29 is 63.8 Å². The Kier molecular flexibility index (Phi) is 18.4. The van der Waals surface area contributed by atoms with E-state index < -0.39 is 134 Å². The van der Waals surface area contributed by atoms with Gasteiger partial charge in [-0.25, -0.2) is 0 Å². The number of nitrogens with one attached hydrogen (secondary N) is 7. The highest BCUT2D eigenvalue weighted by atomic mass is 16.5. The predicted molar refractivity (Wildman–Crippen MR) is 242 cm³/mol. The number of aromatic nitrogens is 1. The number of H-pyrrole nitrogens is 1. The number of nitrogens with zero attached hydrogens (tertiary/aromatic N) is 1. The van der Waals surface area contributed by atoms with Crippen molar-refractivity contribution >= 4 is 58.3 Å². The third-order valence-electron chi connectivity index (χ3n) is 11.9. The molecule has 0 aliphatic carbocycles. The van der Waals surface area contributed by atoms with E-state index in [0.29, 0.717) is 24.8 Å². The second-order valence-corrected chi connectivity index (χ2v) is 17.2. The summed E-state index contributed by atoms with van der Waals surface area (Å²) in [6, 6.07) is 10.0. The van der Waals surface area contributed by atoms with Gasteiger partial charge in [-0.05, 0) is 54.5 Å². The highest BCUT2D eigenvalue weighted by molar-refractivity contribution is 5.94. The van der Waals surface area contributed by atoms with Crippen LogP contribution in [0.5, 0.6) is 5.75 Å². The number of hydrogen-bond donors (Lipinski definition) is 12. The lowest BCUT2D eigenvalue weighted by atomic mass is 9.88. The minimum absolute atomic E-state index is 0.0379. The fraction of sp³-hybridized carbons (Fsp3) is 0.500. The first-order valence-electron chi connectivity index (χ1n) is 22.2. The summed E-state index contributed by atoms with van der Waals surface area (Å²) in [5.74, 6) is -6.19. The summed E-state index contributed by atoms with van der Waals surface area (Å²) in [7, 11) is 2.82. The van der Waals surface area contributed by atoms with Crippen molar-refractivity contribution in [2.45, 2.75) is 107 Å². The van der Waals surface area contributed by atoms with Gasteiger partial charge in [0, 0.05) is 37.1 Å². The van der Waals surface area contributed by atoms with E-state index in [2.05, 4.69) is 36.9 Å². The molecule has 1 aromatic heterocycles. The van der Waals surface area contributed by atoms with Crippen molar-refractivity contribution in [3.8, 4) is 5.75 Å². The number of methoxy groups -OCH3 is 1. The number of unbranched alkanes of at least 4 members (excludes halogenated alkanes) is 2. The Labute approximate surface area is 387 Å². The molecule has 5 rings (SSSR count). The van der Waals surface area contributed by atoms with Crippen LogP contribution in [0.3, 0.4) is 0 Å². The van der Waals surface area contributed by atoms with Gasteiger partial charge in [-0.1, -0.05) is 55.8 Å². The Balaban J connectivity index is 1.30. The number of hydrogen-bond acceptors (Lipinski definition) is 13. The molecular weight excluding hydrogens is 873 g/mol. The van der Waals surface area contributed by atoms with Gasteiger partial charge < -0.3 is 72.1 Å². The Bertz CT molecular complexity index is 2250. The van der Waals surface area contributed by atoms with Crippen LogP contribution in [0, 0.1) is 5.92 Å². The average molecular weight is 935 g/mol. The number of carbonyl (C=O) groups is 7. The molecule has 0 spiro atoms. The van der Waals surface area contributed by atoms with E-state index in [1.54, 1.807) is 26.3 Å². The van der Waals surface area contributed by atoms with E-state index in [0.717, 1.165) is 33.5 Å². The van der Waals surface area contributed by atoms with E-state index in [9.17, 15) is 59.1 Å². The fourth-order valence-corrected chi connectivity index (χ4v) is 7.98. The van der Waals surface area contributed by atoms with Gasteiger partial charge in [0.15, 0.2) is 11.8 Å². The minimum atomic E-state index is -2.44. The van der Waals surface area contributed by atoms with E-state index in [1.807, 2.05) is 54.6 Å². The SMILES string of the molecule is COc1ccc(/C=C/CCCCC(C)[C@H](O)[C@@H](O)[C@H]2NC(=O)C[C@@H](O)CNC(=O)CNC(=O)C(Cc3c[nH]c4ccccc34)NC(=O)CN(C)C(=O)C[C@@]3(O)NC(=O)C[C@@H]3NC(=O)[C@H]2O)cc1. The number of para-hydroxylation sites is 1. The molecule has 2 saturated heterocycles. The van der Waals surface area contributed by atoms with Crippen LogP contribution in [0.2, 0.25) is 0 Å². The third kappa shape index (κ3) is 14.5. The zero-order chi connectivity index (χ0) is 48.8. The molecule has 21 heteroatoms. The molecule has 0 radical (unpaired) electrons. The first-order valence-corrected chi connectivity index (χ1v) is 22.2. The van der Waals surface area contributed by atoms with Crippen LogP contribution in [0.4, 0.5) is 0 Å². The molecule has 3 heterocycles. The maximum Gasteiger partial charge on any atom is 0.251 e. The predicted octanol–water partition coefficient (Wildman–Crippen LogP) is -1.78. The van der Waals surface area contributed by atoms with Gasteiger partial charge in [-0.3, -0.25) is 33.6 Å². The number of rotatable bonds is 12. The smallest absolute Gasteiger partial charge is 0.251 e. The molecule has 364 valence electrons. The molecule has 21 nitrogen and oxygen atoms in total. The lowest BCUT2D eigenvalue weighted by Crippen LogP contribution is -2.63. The Morgan fingerprint density at radius 2 is 1.60 bits per heavy atom. The largest absolute Gasteiger partial charge is 0.497 e. The number of aliphatic hydroxyl groups excluding tert-OH is 4. The van der Waals surface area contributed by atoms with Gasteiger partial charge in [0.05, 0.1) is 63.8 Å². The van der Waals surface area contributed by atoms with Crippen molar-refractivity contribution in [3.05, 3.63) is 71.9 Å². The van der Waals surface area contributed by atoms with E-state index in [1.165, 1.54) is 7.05 Å². The number of fused-ring (bicyclic) bond motifs is 2. The van der Waals surface area contributed by atoms with Crippen molar-refractivity contribution in [1.82, 2.24) is 41.8 Å². The molecule has 2 aliphatic heterocycles. The molecule has 7 amide bonds. The maximum atomic E-state index is 13.7. The quantitative estimate of drug-likeness (QED) is 0.0896. The van der Waals surface area contributed by atoms with Crippen LogP contribution in [-0.2, 0) is 40.0 Å². The lowest BCUT2D eigenvalue weighted by Gasteiger charge is -2.35. The molecule has 67 heavy (non-hydrogen) atoms. The van der Waals surface area contributed by atoms with Crippen LogP contribution >= 0.6 is 0 Å². The topological polar surface area (TPSA) is 321 Å². The number of ether oxygens (including phenoxy) is 1. The Hall–Kier alpha value is -6.39. The highest BCUT2D eigenvalue weighted by Crippen LogP contribution is 2.25. The second-order valence-electron chi connectivity index (χ2n) is 17.2. The third-order valence-corrected chi connectivity index (χ3v) is 11.9. The molecule has 12 N–H and O–H groups in total. The lowest BCUT2D eigenvalue weighted by molar-refractivity contribution is -0.145. The summed E-state index contributed by atoms with van der Waals surface area (Å²) in [6.07, 6.45) is -1.60. The van der Waals surface area contributed by atoms with Crippen molar-refractivity contribution in [3.63, 3.8) is 0 Å². The molecule has 2 fully saturated rings. The number of carbonyl (C=O) groups excluding carboxylic acids is 7. The van der Waals surface area contributed by atoms with Crippen LogP contribution in [0.1, 0.15) is 63.0 Å². The first kappa shape index (κ1) is 51.6. The van der Waals surface area contributed by atoms with E-state index in [4.69, 9.17) is 4.74 Å². The first-order chi connectivity index (χ1) is 31.9. The molecular formula is C46H62N8O13. The zero-order valence-corrected chi connectivity index (χ0v) is 37.7. The number of amides is 7. The molecule has 0 saturated carbocycles. The average Bonchev–Trinajstić information content (AvgIpc) is 3.83. The van der Waals surface area contributed by atoms with E-state index >= 15 is 0 Å². The summed E-state index contributed by atoms with van der Waals surface area (Å²) < 4.78 is 5.18. The van der Waals surface area contributed by atoms with Gasteiger partial charge in [-0.2, -0.15) is 0 Å². The molecule has 2 aliphatic rings. The second kappa shape index (κ2) is 23.9. The van der Waals surface area contributed by atoms with Crippen molar-refractivity contribution in [1.29, 1.82) is 0 Å². The van der Waals surface area contributed by atoms with Crippen molar-refractivity contribution in [2.75, 3.05) is 33.8 Å². The van der Waals surface area contributed by atoms with E-state index in [-0.39, 0.29) is 6.42 Å². The standard InChI is InChI=1S/C46H62N8O13/c1-26(10-6-4-5-7-11-27-14-16-30(67-3)17-15-27)41(61)42(62)40-43(63)45(65)51-34-20-36(57)53-46(34,66)21-39(60)54(2)25-38(59)50-33(18-28-22-47-32-13-9-8-12-31(28)32)44(64)49-24-37(58)48-23-29(55)19-35(56)52-40/h7-9,11-17,22,26,29,33-34,40-43,47,55,61-63,66H,4-6,10,18-21,23-25H2,1-3H3,(H,48,58)(H,49,64)(H,50,59)(H,51,65)(H,52,56)(H,53,57)/b11-7+/t26?,29-,33?,34+,40-,41+,42+,43+,46+/m1/s1. The monoisotopic (exact) mass is 934 g/mol. The molecule has 3 aromatic rings. The maximum absolute atomic E-state index is 13.7. The normalized spacial score (nSPS) is 25.8. The molecule has 2 aromatic carbocycles. The minimum Gasteiger partial charge on any atom is -0.497 e. The summed E-state index contributed by atoms with van der Waals surface area (Å²) in [5, 5.41) is 71.5. The summed E-state index contributed by atoms with van der Waals surface area (Å²) in [6.45, 7) is -0.0888.